The van der Waals surface area contributed by atoms with Gasteiger partial charge in [-0.15, -0.1) is 0 Å². The maximum Gasteiger partial charge on any atom is 0.306 e. The van der Waals surface area contributed by atoms with E-state index < -0.39 is 23.1 Å². The van der Waals surface area contributed by atoms with Gasteiger partial charge in [0, 0.05) is 0 Å². The van der Waals surface area contributed by atoms with Gasteiger partial charge in [0.1, 0.15) is 6.10 Å². The fourth-order valence-corrected chi connectivity index (χ4v) is 4.11. The second-order valence-electron chi connectivity index (χ2n) is 5.64. The van der Waals surface area contributed by atoms with Gasteiger partial charge in [-0.2, -0.15) is 4.21 Å². The number of hydrogen-bond acceptors (Lipinski definition) is 3. The molecule has 120 valence electrons. The minimum atomic E-state index is -1.82. The first kappa shape index (κ1) is 15.3. The lowest BCUT2D eigenvalue weighted by molar-refractivity contribution is 0.0737. The third kappa shape index (κ3) is 2.49. The van der Waals surface area contributed by atoms with Crippen molar-refractivity contribution >= 4 is 11.4 Å². The summed E-state index contributed by atoms with van der Waals surface area (Å²) in [5, 5.41) is 0. The zero-order chi connectivity index (χ0) is 16.4. The Labute approximate surface area is 143 Å². The molecule has 3 nitrogen and oxygen atoms in total. The topological polar surface area (TPSA) is 35.5 Å². The minimum absolute atomic E-state index is 0.496. The maximum absolute atomic E-state index is 12.3. The summed E-state index contributed by atoms with van der Waals surface area (Å²) in [6.07, 6.45) is -0.496. The summed E-state index contributed by atoms with van der Waals surface area (Å²) >= 11 is -1.82. The molecule has 0 aromatic heterocycles. The van der Waals surface area contributed by atoms with Gasteiger partial charge < -0.3 is 0 Å². The predicted octanol–water partition coefficient (Wildman–Crippen LogP) is 4.30. The number of benzene rings is 3. The summed E-state index contributed by atoms with van der Waals surface area (Å²) in [6.45, 7) is 0. The molecule has 1 saturated heterocycles. The standard InChI is InChI=1S/C20H16O3S/c21-24-22-19(16-10-4-1-5-11-16)20(23-24,17-12-6-2-7-13-17)18-14-8-3-9-15-18/h1-15,19H/t19-,24-/m0/s1. The SMILES string of the molecule is O=[S@]1O[C@@H](c2ccccc2)C(c2ccccc2)(c2ccccc2)O1. The minimum Gasteiger partial charge on any atom is -0.256 e. The molecular formula is C20H16O3S. The van der Waals surface area contributed by atoms with Crippen molar-refractivity contribution in [1.29, 1.82) is 0 Å². The van der Waals surface area contributed by atoms with Crippen LogP contribution >= 0.6 is 0 Å². The lowest BCUT2D eigenvalue weighted by Crippen LogP contribution is -2.33. The highest BCUT2D eigenvalue weighted by Crippen LogP contribution is 2.51. The molecule has 1 aliphatic rings. The fourth-order valence-electron chi connectivity index (χ4n) is 3.17. The molecule has 0 unspecified atom stereocenters. The third-order valence-corrected chi connectivity index (χ3v) is 5.00. The molecule has 0 N–H and O–H groups in total. The predicted molar refractivity (Wildman–Crippen MR) is 93.2 cm³/mol. The average molecular weight is 336 g/mol. The van der Waals surface area contributed by atoms with Crippen LogP contribution in [0.2, 0.25) is 0 Å². The molecule has 4 heteroatoms. The van der Waals surface area contributed by atoms with Crippen molar-refractivity contribution in [1.82, 2.24) is 0 Å². The van der Waals surface area contributed by atoms with Crippen molar-refractivity contribution in [2.45, 2.75) is 11.7 Å². The highest BCUT2D eigenvalue weighted by Gasteiger charge is 2.53. The van der Waals surface area contributed by atoms with Crippen LogP contribution in [-0.4, -0.2) is 4.21 Å². The summed E-state index contributed by atoms with van der Waals surface area (Å²) in [5.41, 5.74) is 1.80. The molecule has 3 aromatic rings. The molecule has 0 saturated carbocycles. The van der Waals surface area contributed by atoms with Crippen LogP contribution in [0.3, 0.4) is 0 Å². The molecule has 1 fully saturated rings. The van der Waals surface area contributed by atoms with E-state index in [0.717, 1.165) is 16.7 Å². The molecule has 3 aromatic carbocycles. The molecule has 24 heavy (non-hydrogen) atoms. The van der Waals surface area contributed by atoms with Crippen LogP contribution in [0.15, 0.2) is 91.0 Å². The first-order valence-electron chi connectivity index (χ1n) is 7.75. The van der Waals surface area contributed by atoms with Crippen LogP contribution in [-0.2, 0) is 25.3 Å². The fraction of sp³-hybridized carbons (Fsp3) is 0.100. The molecule has 4 rings (SSSR count). The van der Waals surface area contributed by atoms with Gasteiger partial charge in [-0.1, -0.05) is 91.0 Å². The quantitative estimate of drug-likeness (QED) is 0.715. The second kappa shape index (κ2) is 6.32. The van der Waals surface area contributed by atoms with Crippen LogP contribution in [0.25, 0.3) is 0 Å². The van der Waals surface area contributed by atoms with Gasteiger partial charge in [0.05, 0.1) is 0 Å². The van der Waals surface area contributed by atoms with E-state index in [-0.39, 0.29) is 0 Å². The highest BCUT2D eigenvalue weighted by molar-refractivity contribution is 7.75. The van der Waals surface area contributed by atoms with Gasteiger partial charge in [0.25, 0.3) is 0 Å². The summed E-state index contributed by atoms with van der Waals surface area (Å²) in [7, 11) is 0. The summed E-state index contributed by atoms with van der Waals surface area (Å²) in [6, 6.07) is 29.4. The van der Waals surface area contributed by atoms with E-state index >= 15 is 0 Å². The number of rotatable bonds is 3. The van der Waals surface area contributed by atoms with Gasteiger partial charge in [-0.25, -0.2) is 4.18 Å². The molecule has 0 bridgehead atoms. The maximum atomic E-state index is 12.3. The molecule has 1 aliphatic heterocycles. The van der Waals surface area contributed by atoms with Crippen LogP contribution in [0.5, 0.6) is 0 Å². The van der Waals surface area contributed by atoms with Gasteiger partial charge in [0.15, 0.2) is 5.60 Å². The van der Waals surface area contributed by atoms with E-state index in [4.69, 9.17) is 8.37 Å². The lowest BCUT2D eigenvalue weighted by atomic mass is 9.79. The van der Waals surface area contributed by atoms with Gasteiger partial charge >= 0.3 is 11.4 Å². The average Bonchev–Trinajstić information content (AvgIpc) is 3.02. The normalized spacial score (nSPS) is 22.3. The second-order valence-corrected chi connectivity index (χ2v) is 6.41. The molecule has 0 aliphatic carbocycles. The van der Waals surface area contributed by atoms with Crippen LogP contribution < -0.4 is 0 Å². The summed E-state index contributed by atoms with van der Waals surface area (Å²) in [4.78, 5) is 0. The first-order chi connectivity index (χ1) is 11.8. The van der Waals surface area contributed by atoms with Crippen LogP contribution in [0, 0.1) is 0 Å². The molecular weight excluding hydrogens is 320 g/mol. The van der Waals surface area contributed by atoms with E-state index in [0.29, 0.717) is 0 Å². The van der Waals surface area contributed by atoms with Gasteiger partial charge in [-0.3, -0.25) is 4.18 Å². The number of hydrogen-bond donors (Lipinski definition) is 0. The van der Waals surface area contributed by atoms with Gasteiger partial charge in [0.2, 0.25) is 0 Å². The van der Waals surface area contributed by atoms with Crippen molar-refractivity contribution in [3.63, 3.8) is 0 Å². The van der Waals surface area contributed by atoms with E-state index in [9.17, 15) is 4.21 Å². The largest absolute Gasteiger partial charge is 0.306 e. The zero-order valence-corrected chi connectivity index (χ0v) is 13.7. The molecule has 0 amide bonds. The summed E-state index contributed by atoms with van der Waals surface area (Å²) in [5.74, 6) is 0. The smallest absolute Gasteiger partial charge is 0.256 e. The first-order valence-corrected chi connectivity index (χ1v) is 8.75. The van der Waals surface area contributed by atoms with Crippen molar-refractivity contribution in [3.8, 4) is 0 Å². The van der Waals surface area contributed by atoms with Crippen molar-refractivity contribution < 1.29 is 12.6 Å². The molecule has 2 atom stereocenters. The van der Waals surface area contributed by atoms with Crippen LogP contribution in [0.4, 0.5) is 0 Å². The highest BCUT2D eigenvalue weighted by atomic mass is 32.2. The Bertz CT molecular complexity index is 795. The molecule has 1 heterocycles. The Morgan fingerprint density at radius 1 is 0.708 bits per heavy atom. The van der Waals surface area contributed by atoms with Crippen LogP contribution in [0.1, 0.15) is 22.8 Å². The Morgan fingerprint density at radius 2 is 1.17 bits per heavy atom. The summed E-state index contributed by atoms with van der Waals surface area (Å²) < 4.78 is 23.9. The Balaban J connectivity index is 1.97. The van der Waals surface area contributed by atoms with E-state index in [2.05, 4.69) is 0 Å². The lowest BCUT2D eigenvalue weighted by Gasteiger charge is -2.32. The third-order valence-electron chi connectivity index (χ3n) is 4.25. The monoisotopic (exact) mass is 336 g/mol. The van der Waals surface area contributed by atoms with E-state index in [1.165, 1.54) is 0 Å². The Kier molecular flexibility index (Phi) is 4.02. The van der Waals surface area contributed by atoms with Crippen molar-refractivity contribution in [2.75, 3.05) is 0 Å². The Morgan fingerprint density at radius 3 is 1.67 bits per heavy atom. The molecule has 0 radical (unpaired) electrons. The van der Waals surface area contributed by atoms with E-state index in [1.54, 1.807) is 0 Å². The van der Waals surface area contributed by atoms with Crippen molar-refractivity contribution in [3.05, 3.63) is 108 Å². The van der Waals surface area contributed by atoms with Gasteiger partial charge in [-0.05, 0) is 16.7 Å². The zero-order valence-electron chi connectivity index (χ0n) is 12.9. The molecule has 0 spiro atoms. The van der Waals surface area contributed by atoms with E-state index in [1.807, 2.05) is 91.0 Å². The van der Waals surface area contributed by atoms with Crippen molar-refractivity contribution in [2.24, 2.45) is 0 Å². The Hall–Kier alpha value is -2.27.